The Balaban J connectivity index is 1.28. The van der Waals surface area contributed by atoms with Crippen LogP contribution in [0.3, 0.4) is 0 Å². The van der Waals surface area contributed by atoms with E-state index in [1.807, 2.05) is 80.3 Å². The summed E-state index contributed by atoms with van der Waals surface area (Å²) in [5.41, 5.74) is 2.56. The fourth-order valence-electron chi connectivity index (χ4n) is 6.36. The lowest BCUT2D eigenvalue weighted by atomic mass is 9.91. The minimum atomic E-state index is -0.846. The molecule has 2 heterocycles. The number of benzene rings is 2. The summed E-state index contributed by atoms with van der Waals surface area (Å²) in [7, 11) is 0. The zero-order valence-electron chi connectivity index (χ0n) is 25.9. The van der Waals surface area contributed by atoms with Crippen molar-refractivity contribution >= 4 is 11.8 Å². The van der Waals surface area contributed by atoms with Gasteiger partial charge in [-0.3, -0.25) is 19.4 Å². The molecule has 2 amide bonds. The summed E-state index contributed by atoms with van der Waals surface area (Å²) in [6.45, 7) is 8.40. The number of aliphatic hydroxyl groups is 2. The van der Waals surface area contributed by atoms with Crippen molar-refractivity contribution in [3.63, 3.8) is 0 Å². The maximum atomic E-state index is 13.8. The number of carbonyl (C=O) groups is 2. The van der Waals surface area contributed by atoms with Crippen LogP contribution in [0.5, 0.6) is 0 Å². The summed E-state index contributed by atoms with van der Waals surface area (Å²) in [6.07, 6.45) is 2.70. The highest BCUT2D eigenvalue weighted by Gasteiger charge is 2.37. The molecule has 236 valence electrons. The van der Waals surface area contributed by atoms with Gasteiger partial charge in [0, 0.05) is 44.1 Å². The number of carbonyl (C=O) groups excluding carboxylic acids is 2. The van der Waals surface area contributed by atoms with E-state index < -0.39 is 35.7 Å². The number of hydrogen-bond donors (Lipinski definition) is 4. The molecule has 3 aromatic rings. The average molecular weight is 604 g/mol. The normalized spacial score (nSPS) is 22.2. The number of oxazole rings is 1. The molecule has 1 aromatic heterocycles. The number of nitrogens with one attached hydrogen (secondary N) is 2. The smallest absolute Gasteiger partial charge is 0.239 e. The van der Waals surface area contributed by atoms with Gasteiger partial charge in [0.15, 0.2) is 6.39 Å². The molecule has 44 heavy (non-hydrogen) atoms. The van der Waals surface area contributed by atoms with Gasteiger partial charge in [-0.1, -0.05) is 54.6 Å². The minimum absolute atomic E-state index is 0.0977. The van der Waals surface area contributed by atoms with E-state index in [1.165, 1.54) is 6.39 Å². The predicted octanol–water partition coefficient (Wildman–Crippen LogP) is 2.46. The van der Waals surface area contributed by atoms with Crippen molar-refractivity contribution < 1.29 is 24.2 Å². The summed E-state index contributed by atoms with van der Waals surface area (Å²) in [5, 5.41) is 28.4. The molecular weight excluding hydrogens is 558 g/mol. The molecular formula is C34H45N5O5. The van der Waals surface area contributed by atoms with Gasteiger partial charge >= 0.3 is 0 Å². The van der Waals surface area contributed by atoms with Gasteiger partial charge in [0.2, 0.25) is 11.8 Å². The zero-order valence-corrected chi connectivity index (χ0v) is 25.9. The summed E-state index contributed by atoms with van der Waals surface area (Å²) in [5.74, 6) is -0.0906. The Morgan fingerprint density at radius 2 is 1.84 bits per heavy atom. The van der Waals surface area contributed by atoms with Crippen LogP contribution in [0.25, 0.3) is 0 Å². The third kappa shape index (κ3) is 8.32. The molecule has 5 atom stereocenters. The van der Waals surface area contributed by atoms with Crippen molar-refractivity contribution in [1.29, 1.82) is 0 Å². The lowest BCUT2D eigenvalue weighted by Crippen LogP contribution is -2.61. The molecule has 1 fully saturated rings. The number of hydrogen-bond acceptors (Lipinski definition) is 8. The highest BCUT2D eigenvalue weighted by atomic mass is 16.3. The first-order chi connectivity index (χ1) is 21.1. The van der Waals surface area contributed by atoms with Crippen LogP contribution in [0.4, 0.5) is 0 Å². The van der Waals surface area contributed by atoms with E-state index in [0.29, 0.717) is 39.0 Å². The second-order valence-corrected chi connectivity index (χ2v) is 13.2. The summed E-state index contributed by atoms with van der Waals surface area (Å²) >= 11 is 0. The second kappa shape index (κ2) is 14.0. The molecule has 0 unspecified atom stereocenters. The molecule has 5 rings (SSSR count). The van der Waals surface area contributed by atoms with Crippen molar-refractivity contribution in [2.75, 3.05) is 26.2 Å². The Morgan fingerprint density at radius 3 is 2.57 bits per heavy atom. The molecule has 0 saturated carbocycles. The quantitative estimate of drug-likeness (QED) is 0.263. The van der Waals surface area contributed by atoms with Gasteiger partial charge in [-0.15, -0.1) is 0 Å². The monoisotopic (exact) mass is 603 g/mol. The number of nitrogens with zero attached hydrogens (tertiary/aromatic N) is 3. The van der Waals surface area contributed by atoms with E-state index in [9.17, 15) is 19.8 Å². The number of piperazine rings is 1. The number of fused-ring (bicyclic) bond motifs is 1. The maximum Gasteiger partial charge on any atom is 0.239 e. The molecule has 0 spiro atoms. The Morgan fingerprint density at radius 1 is 1.09 bits per heavy atom. The van der Waals surface area contributed by atoms with Crippen LogP contribution in [0.1, 0.15) is 55.7 Å². The predicted molar refractivity (Wildman–Crippen MR) is 166 cm³/mol. The standard InChI is InChI=1S/C34H45N5O5/c1-34(2,3)37-33(43)29-21-38(20-27-18-35-22-44-27)13-14-39(29)19-26(40)16-25(15-23-9-5-4-6-10-23)32(42)36-31-28-12-8-7-11-24(28)17-30(31)41/h4-12,18,22,25-26,29-31,40-41H,13-17,19-21H2,1-3H3,(H,36,42)(H,37,43)/t25-,26+,29+,30-,31+/m1/s1. The van der Waals surface area contributed by atoms with Crippen molar-refractivity contribution in [3.8, 4) is 0 Å². The van der Waals surface area contributed by atoms with Crippen molar-refractivity contribution in [2.24, 2.45) is 5.92 Å². The maximum absolute atomic E-state index is 13.8. The fraction of sp³-hybridized carbons (Fsp3) is 0.500. The number of rotatable bonds is 11. The molecule has 2 aliphatic rings. The van der Waals surface area contributed by atoms with Gasteiger partial charge in [-0.25, -0.2) is 4.98 Å². The molecule has 1 aliphatic heterocycles. The lowest BCUT2D eigenvalue weighted by molar-refractivity contribution is -0.132. The van der Waals surface area contributed by atoms with Crippen LogP contribution in [0.2, 0.25) is 0 Å². The van der Waals surface area contributed by atoms with E-state index in [0.717, 1.165) is 22.5 Å². The summed E-state index contributed by atoms with van der Waals surface area (Å²) in [6, 6.07) is 16.6. The highest BCUT2D eigenvalue weighted by molar-refractivity contribution is 5.83. The molecule has 1 saturated heterocycles. The molecule has 10 heteroatoms. The SMILES string of the molecule is CC(C)(C)NC(=O)[C@@H]1CN(Cc2cnco2)CCN1C[C@@H](O)C[C@@H](Cc1ccccc1)C(=O)N[C@H]1c2ccccc2C[C@H]1O. The first-order valence-electron chi connectivity index (χ1n) is 15.5. The van der Waals surface area contributed by atoms with Crippen LogP contribution in [-0.4, -0.2) is 86.8 Å². The van der Waals surface area contributed by atoms with Crippen LogP contribution in [0, 0.1) is 5.92 Å². The van der Waals surface area contributed by atoms with Gasteiger partial charge in [-0.2, -0.15) is 0 Å². The molecule has 1 aliphatic carbocycles. The van der Waals surface area contributed by atoms with E-state index in [2.05, 4.69) is 20.5 Å². The molecule has 0 bridgehead atoms. The Kier molecular flexibility index (Phi) is 10.2. The van der Waals surface area contributed by atoms with Crippen LogP contribution in [-0.2, 0) is 29.0 Å². The van der Waals surface area contributed by atoms with Gasteiger partial charge in [0.1, 0.15) is 11.8 Å². The molecule has 4 N–H and O–H groups in total. The van der Waals surface area contributed by atoms with E-state index in [1.54, 1.807) is 6.20 Å². The largest absolute Gasteiger partial charge is 0.447 e. The fourth-order valence-corrected chi connectivity index (χ4v) is 6.36. The topological polar surface area (TPSA) is 131 Å². The summed E-state index contributed by atoms with van der Waals surface area (Å²) in [4.78, 5) is 35.4. The summed E-state index contributed by atoms with van der Waals surface area (Å²) < 4.78 is 5.43. The van der Waals surface area contributed by atoms with E-state index in [4.69, 9.17) is 4.42 Å². The van der Waals surface area contributed by atoms with E-state index >= 15 is 0 Å². The molecule has 0 radical (unpaired) electrons. The van der Waals surface area contributed by atoms with Crippen molar-refractivity contribution in [3.05, 3.63) is 89.6 Å². The number of β-amino-alcohol motifs (C(OH)–C–C–N with tert-alkyl or cyclic N) is 1. The third-order valence-electron chi connectivity index (χ3n) is 8.44. The lowest BCUT2D eigenvalue weighted by Gasteiger charge is -2.42. The van der Waals surface area contributed by atoms with Crippen LogP contribution in [0.15, 0.2) is 71.6 Å². The Bertz CT molecular complexity index is 1380. The average Bonchev–Trinajstić information content (AvgIpc) is 3.60. The first-order valence-corrected chi connectivity index (χ1v) is 15.5. The minimum Gasteiger partial charge on any atom is -0.447 e. The zero-order chi connectivity index (χ0) is 31.3. The van der Waals surface area contributed by atoms with E-state index in [-0.39, 0.29) is 24.8 Å². The van der Waals surface area contributed by atoms with Crippen LogP contribution < -0.4 is 10.6 Å². The van der Waals surface area contributed by atoms with Gasteiger partial charge in [0.25, 0.3) is 0 Å². The van der Waals surface area contributed by atoms with Crippen molar-refractivity contribution in [1.82, 2.24) is 25.4 Å². The van der Waals surface area contributed by atoms with Gasteiger partial charge in [0.05, 0.1) is 31.0 Å². The highest BCUT2D eigenvalue weighted by Crippen LogP contribution is 2.32. The number of amides is 2. The van der Waals surface area contributed by atoms with Crippen molar-refractivity contribution in [2.45, 2.75) is 76.4 Å². The molecule has 2 aromatic carbocycles. The van der Waals surface area contributed by atoms with Gasteiger partial charge < -0.3 is 25.3 Å². The third-order valence-corrected chi connectivity index (χ3v) is 8.44. The van der Waals surface area contributed by atoms with Crippen LogP contribution >= 0.6 is 0 Å². The Hall–Kier alpha value is -3.57. The molecule has 10 nitrogen and oxygen atoms in total. The Labute approximate surface area is 259 Å². The first kappa shape index (κ1) is 31.8. The second-order valence-electron chi connectivity index (χ2n) is 13.2. The number of aliphatic hydroxyl groups excluding tert-OH is 2. The van der Waals surface area contributed by atoms with Gasteiger partial charge in [-0.05, 0) is 50.3 Å². The number of aromatic nitrogens is 1.